The monoisotopic (exact) mass is 219 g/mol. The molecule has 0 saturated heterocycles. The minimum Gasteiger partial charge on any atom is -0.310 e. The van der Waals surface area contributed by atoms with Crippen LogP contribution in [0.3, 0.4) is 0 Å². The van der Waals surface area contributed by atoms with Crippen LogP contribution in [0.1, 0.15) is 20.3 Å². The highest BCUT2D eigenvalue weighted by Crippen LogP contribution is 2.08. The fourth-order valence-corrected chi connectivity index (χ4v) is 1.26. The third-order valence-electron chi connectivity index (χ3n) is 1.83. The third-order valence-corrected chi connectivity index (χ3v) is 1.83. The van der Waals surface area contributed by atoms with Crippen LogP contribution >= 0.6 is 17.0 Å². The second-order valence-corrected chi connectivity index (χ2v) is 2.68. The molecule has 1 aliphatic rings. The Kier molecular flexibility index (Phi) is 4.61. The van der Waals surface area contributed by atoms with E-state index in [2.05, 4.69) is 5.32 Å². The third kappa shape index (κ3) is 2.75. The molecule has 11 heavy (non-hydrogen) atoms. The van der Waals surface area contributed by atoms with Gasteiger partial charge in [-0.05, 0) is 26.8 Å². The summed E-state index contributed by atoms with van der Waals surface area (Å²) in [5, 5.41) is 3.22. The van der Waals surface area contributed by atoms with Crippen molar-refractivity contribution in [1.29, 1.82) is 0 Å². The Balaban J connectivity index is 0.000001000. The van der Waals surface area contributed by atoms with Gasteiger partial charge in [-0.25, -0.2) is 0 Å². The normalized spacial score (nSPS) is 23.5. The molecule has 1 rings (SSSR count). The average Bonchev–Trinajstić information content (AvgIpc) is 1.88. The first-order chi connectivity index (χ1) is 4.72. The van der Waals surface area contributed by atoms with Crippen molar-refractivity contribution in [2.24, 2.45) is 0 Å². The number of carbonyl (C=O) groups excluding carboxylic acids is 1. The van der Waals surface area contributed by atoms with Crippen LogP contribution in [0, 0.1) is 0 Å². The first kappa shape index (κ1) is 10.8. The minimum atomic E-state index is 0. The largest absolute Gasteiger partial charge is 0.310 e. The van der Waals surface area contributed by atoms with Gasteiger partial charge in [0.1, 0.15) is 0 Å². The predicted octanol–water partition coefficient (Wildman–Crippen LogP) is 1.46. The fourth-order valence-electron chi connectivity index (χ4n) is 1.26. The average molecular weight is 220 g/mol. The molecule has 0 spiro atoms. The van der Waals surface area contributed by atoms with E-state index in [1.54, 1.807) is 6.92 Å². The fraction of sp³-hybridized carbons (Fsp3) is 0.625. The molecule has 1 aliphatic heterocycles. The number of hydrogen-bond acceptors (Lipinski definition) is 2. The molecule has 0 aromatic rings. The summed E-state index contributed by atoms with van der Waals surface area (Å²) in [7, 11) is 0. The van der Waals surface area contributed by atoms with Crippen molar-refractivity contribution in [3.63, 3.8) is 0 Å². The van der Waals surface area contributed by atoms with E-state index in [1.165, 1.54) is 0 Å². The number of halogens is 1. The SMILES string of the molecule is Br.CC(=O)C1=CCCNC1C. The summed E-state index contributed by atoms with van der Waals surface area (Å²) in [4.78, 5) is 10.9. The van der Waals surface area contributed by atoms with Crippen LogP contribution in [-0.2, 0) is 4.79 Å². The molecular formula is C8H14BrNO. The molecule has 0 aromatic carbocycles. The highest BCUT2D eigenvalue weighted by atomic mass is 79.9. The zero-order valence-electron chi connectivity index (χ0n) is 6.89. The summed E-state index contributed by atoms with van der Waals surface area (Å²) in [6.45, 7) is 4.64. The smallest absolute Gasteiger partial charge is 0.157 e. The lowest BCUT2D eigenvalue weighted by atomic mass is 10.0. The van der Waals surface area contributed by atoms with Crippen molar-refractivity contribution in [1.82, 2.24) is 5.32 Å². The molecule has 1 atom stereocenters. The van der Waals surface area contributed by atoms with Gasteiger partial charge in [-0.3, -0.25) is 4.79 Å². The van der Waals surface area contributed by atoms with E-state index in [4.69, 9.17) is 0 Å². The van der Waals surface area contributed by atoms with Gasteiger partial charge < -0.3 is 5.32 Å². The van der Waals surface area contributed by atoms with Gasteiger partial charge in [0.05, 0.1) is 0 Å². The Bertz CT molecular complexity index is 177. The molecule has 0 aliphatic carbocycles. The van der Waals surface area contributed by atoms with Crippen LogP contribution in [0.15, 0.2) is 11.6 Å². The van der Waals surface area contributed by atoms with Gasteiger partial charge in [0, 0.05) is 11.6 Å². The second-order valence-electron chi connectivity index (χ2n) is 2.68. The molecule has 0 amide bonds. The minimum absolute atomic E-state index is 0. The maximum absolute atomic E-state index is 10.9. The van der Waals surface area contributed by atoms with Crippen LogP contribution in [0.4, 0.5) is 0 Å². The molecule has 3 heteroatoms. The Morgan fingerprint density at radius 2 is 2.36 bits per heavy atom. The van der Waals surface area contributed by atoms with Crippen LogP contribution in [0.5, 0.6) is 0 Å². The van der Waals surface area contributed by atoms with Gasteiger partial charge in [-0.2, -0.15) is 0 Å². The van der Waals surface area contributed by atoms with E-state index in [0.29, 0.717) is 0 Å². The molecule has 0 radical (unpaired) electrons. The van der Waals surface area contributed by atoms with Gasteiger partial charge in [0.2, 0.25) is 0 Å². The summed E-state index contributed by atoms with van der Waals surface area (Å²) in [5.41, 5.74) is 0.936. The van der Waals surface area contributed by atoms with Crippen LogP contribution in [0.25, 0.3) is 0 Å². The van der Waals surface area contributed by atoms with Crippen molar-refractivity contribution < 1.29 is 4.79 Å². The summed E-state index contributed by atoms with van der Waals surface area (Å²) in [6.07, 6.45) is 3.02. The maximum atomic E-state index is 10.9. The molecular weight excluding hydrogens is 206 g/mol. The van der Waals surface area contributed by atoms with Crippen molar-refractivity contribution in [3.05, 3.63) is 11.6 Å². The number of Topliss-reactive ketones (excluding diaryl/α,β-unsaturated/α-hetero) is 1. The summed E-state index contributed by atoms with van der Waals surface area (Å²) in [5.74, 6) is 0.194. The van der Waals surface area contributed by atoms with E-state index in [1.807, 2.05) is 13.0 Å². The van der Waals surface area contributed by atoms with Gasteiger partial charge >= 0.3 is 0 Å². The quantitative estimate of drug-likeness (QED) is 0.724. The molecule has 0 bridgehead atoms. The molecule has 64 valence electrons. The second kappa shape index (κ2) is 4.67. The van der Waals surface area contributed by atoms with Gasteiger partial charge in [-0.1, -0.05) is 6.08 Å². The zero-order chi connectivity index (χ0) is 7.56. The van der Waals surface area contributed by atoms with Crippen LogP contribution < -0.4 is 5.32 Å². The Hall–Kier alpha value is -0.150. The number of ketones is 1. The van der Waals surface area contributed by atoms with Crippen LogP contribution in [-0.4, -0.2) is 18.4 Å². The highest BCUT2D eigenvalue weighted by molar-refractivity contribution is 8.93. The highest BCUT2D eigenvalue weighted by Gasteiger charge is 2.14. The van der Waals surface area contributed by atoms with E-state index in [-0.39, 0.29) is 28.8 Å². The summed E-state index contributed by atoms with van der Waals surface area (Å²) >= 11 is 0. The molecule has 2 nitrogen and oxygen atoms in total. The summed E-state index contributed by atoms with van der Waals surface area (Å²) in [6, 6.07) is 0.256. The zero-order valence-corrected chi connectivity index (χ0v) is 8.60. The maximum Gasteiger partial charge on any atom is 0.157 e. The van der Waals surface area contributed by atoms with E-state index in [0.717, 1.165) is 18.5 Å². The predicted molar refractivity (Wildman–Crippen MR) is 51.2 cm³/mol. The molecule has 1 unspecified atom stereocenters. The topological polar surface area (TPSA) is 29.1 Å². The lowest BCUT2D eigenvalue weighted by Gasteiger charge is -2.19. The van der Waals surface area contributed by atoms with Crippen molar-refractivity contribution in [2.45, 2.75) is 26.3 Å². The van der Waals surface area contributed by atoms with Crippen LogP contribution in [0.2, 0.25) is 0 Å². The summed E-state index contributed by atoms with van der Waals surface area (Å²) < 4.78 is 0. The number of rotatable bonds is 1. The van der Waals surface area contributed by atoms with Crippen molar-refractivity contribution >= 4 is 22.8 Å². The first-order valence-corrected chi connectivity index (χ1v) is 3.66. The van der Waals surface area contributed by atoms with Gasteiger partial charge in [0.15, 0.2) is 5.78 Å². The van der Waals surface area contributed by atoms with Crippen molar-refractivity contribution in [2.75, 3.05) is 6.54 Å². The first-order valence-electron chi connectivity index (χ1n) is 3.66. The molecule has 1 heterocycles. The van der Waals surface area contributed by atoms with Crippen molar-refractivity contribution in [3.8, 4) is 0 Å². The van der Waals surface area contributed by atoms with E-state index in [9.17, 15) is 4.79 Å². The van der Waals surface area contributed by atoms with Gasteiger partial charge in [-0.15, -0.1) is 17.0 Å². The Morgan fingerprint density at radius 1 is 1.73 bits per heavy atom. The number of nitrogens with one attached hydrogen (secondary N) is 1. The molecule has 0 saturated carbocycles. The lowest BCUT2D eigenvalue weighted by Crippen LogP contribution is -2.34. The van der Waals surface area contributed by atoms with E-state index >= 15 is 0 Å². The Morgan fingerprint density at radius 3 is 2.73 bits per heavy atom. The van der Waals surface area contributed by atoms with E-state index < -0.39 is 0 Å². The number of carbonyl (C=O) groups is 1. The standard InChI is InChI=1S/C8H13NO.BrH/c1-6-8(7(2)10)4-3-5-9-6;/h4,6,9H,3,5H2,1-2H3;1H. The van der Waals surface area contributed by atoms with Gasteiger partial charge in [0.25, 0.3) is 0 Å². The molecule has 1 N–H and O–H groups in total. The number of hydrogen-bond donors (Lipinski definition) is 1. The lowest BCUT2D eigenvalue weighted by molar-refractivity contribution is -0.113. The molecule has 0 aromatic heterocycles. The molecule has 0 fully saturated rings. The Labute approximate surface area is 77.8 Å².